The number of aryl methyl sites for hydroxylation is 3. The van der Waals surface area contributed by atoms with Crippen LogP contribution in [0.25, 0.3) is 27.6 Å². The molecule has 0 fully saturated rings. The number of rotatable bonds is 5. The van der Waals surface area contributed by atoms with Crippen LogP contribution in [0, 0.1) is 20.8 Å². The minimum absolute atomic E-state index is 0.177. The summed E-state index contributed by atoms with van der Waals surface area (Å²) in [6.07, 6.45) is 3.33. The van der Waals surface area contributed by atoms with Crippen LogP contribution in [0.1, 0.15) is 37.3 Å². The molecule has 4 aromatic heterocycles. The minimum atomic E-state index is -0.319. The summed E-state index contributed by atoms with van der Waals surface area (Å²) < 4.78 is 6.78. The van der Waals surface area contributed by atoms with Gasteiger partial charge in [0.15, 0.2) is 0 Å². The molecule has 0 atom stereocenters. The SMILES string of the molecule is CNC(=O)c1sc(-c2ccc3ncc(C(=O)Nc4cc(-c5noc(C)n5)ccc4C)n3c2)nc1C. The summed E-state index contributed by atoms with van der Waals surface area (Å²) in [4.78, 5) is 39.0. The summed E-state index contributed by atoms with van der Waals surface area (Å²) >= 11 is 1.30. The summed E-state index contributed by atoms with van der Waals surface area (Å²) in [7, 11) is 1.59. The maximum atomic E-state index is 13.2. The van der Waals surface area contributed by atoms with Crippen molar-refractivity contribution in [1.29, 1.82) is 0 Å². The van der Waals surface area contributed by atoms with E-state index in [-0.39, 0.29) is 11.8 Å². The average Bonchev–Trinajstić information content (AvgIpc) is 3.57. The van der Waals surface area contributed by atoms with Crippen LogP contribution in [0.5, 0.6) is 0 Å². The lowest BCUT2D eigenvalue weighted by molar-refractivity contribution is 0.0965. The summed E-state index contributed by atoms with van der Waals surface area (Å²) in [6.45, 7) is 5.42. The molecule has 0 aliphatic rings. The van der Waals surface area contributed by atoms with Crippen LogP contribution in [0.4, 0.5) is 5.69 Å². The largest absolute Gasteiger partial charge is 0.354 e. The van der Waals surface area contributed by atoms with Gasteiger partial charge in [-0.2, -0.15) is 4.98 Å². The quantitative estimate of drug-likeness (QED) is 0.383. The molecule has 10 nitrogen and oxygen atoms in total. The van der Waals surface area contributed by atoms with Gasteiger partial charge in [0.1, 0.15) is 21.2 Å². The number of carbonyl (C=O) groups excluding carboxylic acids is 2. The molecule has 0 radical (unpaired) electrons. The smallest absolute Gasteiger partial charge is 0.274 e. The van der Waals surface area contributed by atoms with Gasteiger partial charge in [0.25, 0.3) is 11.8 Å². The lowest BCUT2D eigenvalue weighted by atomic mass is 10.1. The number of nitrogens with zero attached hydrogens (tertiary/aromatic N) is 5. The molecule has 11 heteroatoms. The zero-order chi connectivity index (χ0) is 24.7. The molecular weight excluding hydrogens is 466 g/mol. The van der Waals surface area contributed by atoms with Gasteiger partial charge in [-0.05, 0) is 37.6 Å². The predicted octanol–water partition coefficient (Wildman–Crippen LogP) is 4.04. The molecule has 0 saturated heterocycles. The van der Waals surface area contributed by atoms with Crippen LogP contribution in [-0.2, 0) is 0 Å². The highest BCUT2D eigenvalue weighted by Crippen LogP contribution is 2.29. The maximum absolute atomic E-state index is 13.2. The lowest BCUT2D eigenvalue weighted by Crippen LogP contribution is -2.17. The van der Waals surface area contributed by atoms with Gasteiger partial charge in [-0.25, -0.2) is 9.97 Å². The van der Waals surface area contributed by atoms with E-state index in [0.717, 1.165) is 16.7 Å². The van der Waals surface area contributed by atoms with Crippen LogP contribution in [-0.4, -0.2) is 43.4 Å². The number of thiazole rings is 1. The number of fused-ring (bicyclic) bond motifs is 1. The Hall–Kier alpha value is -4.38. The van der Waals surface area contributed by atoms with E-state index in [1.807, 2.05) is 37.3 Å². The van der Waals surface area contributed by atoms with E-state index >= 15 is 0 Å². The first-order valence-corrected chi connectivity index (χ1v) is 11.6. The zero-order valence-electron chi connectivity index (χ0n) is 19.4. The molecule has 176 valence electrons. The molecule has 0 aliphatic heterocycles. The first-order valence-electron chi connectivity index (χ1n) is 10.7. The molecule has 0 aliphatic carbocycles. The van der Waals surface area contributed by atoms with Gasteiger partial charge in [-0.1, -0.05) is 17.3 Å². The van der Waals surface area contributed by atoms with Crippen molar-refractivity contribution in [2.75, 3.05) is 12.4 Å². The Balaban J connectivity index is 1.47. The van der Waals surface area contributed by atoms with Gasteiger partial charge in [-0.15, -0.1) is 11.3 Å². The summed E-state index contributed by atoms with van der Waals surface area (Å²) in [5.74, 6) is 0.419. The van der Waals surface area contributed by atoms with Crippen molar-refractivity contribution in [3.63, 3.8) is 0 Å². The molecule has 4 heterocycles. The highest BCUT2D eigenvalue weighted by molar-refractivity contribution is 7.17. The third kappa shape index (κ3) is 4.17. The van der Waals surface area contributed by atoms with E-state index in [2.05, 4.69) is 30.7 Å². The number of pyridine rings is 1. The van der Waals surface area contributed by atoms with Gasteiger partial charge in [-0.3, -0.25) is 14.0 Å². The van der Waals surface area contributed by atoms with E-state index in [1.165, 1.54) is 17.5 Å². The van der Waals surface area contributed by atoms with Crippen LogP contribution in [0.3, 0.4) is 0 Å². The van der Waals surface area contributed by atoms with Crippen molar-refractivity contribution in [2.45, 2.75) is 20.8 Å². The van der Waals surface area contributed by atoms with Crippen molar-refractivity contribution in [2.24, 2.45) is 0 Å². The van der Waals surface area contributed by atoms with Crippen LogP contribution >= 0.6 is 11.3 Å². The molecule has 5 rings (SSSR count). The summed E-state index contributed by atoms with van der Waals surface area (Å²) in [6, 6.07) is 9.26. The second-order valence-corrected chi connectivity index (χ2v) is 8.92. The Kier molecular flexibility index (Phi) is 5.61. The molecule has 2 amide bonds. The van der Waals surface area contributed by atoms with E-state index < -0.39 is 0 Å². The van der Waals surface area contributed by atoms with E-state index in [1.54, 1.807) is 31.5 Å². The predicted molar refractivity (Wildman–Crippen MR) is 132 cm³/mol. The first-order chi connectivity index (χ1) is 16.8. The van der Waals surface area contributed by atoms with E-state index in [4.69, 9.17) is 4.52 Å². The Bertz CT molecular complexity index is 1600. The highest BCUT2D eigenvalue weighted by Gasteiger charge is 2.18. The third-order valence-corrected chi connectivity index (χ3v) is 6.69. The Labute approximate surface area is 204 Å². The van der Waals surface area contributed by atoms with Crippen molar-refractivity contribution in [1.82, 2.24) is 29.8 Å². The molecular formula is C24H21N7O3S. The molecule has 35 heavy (non-hydrogen) atoms. The molecule has 0 spiro atoms. The van der Waals surface area contributed by atoms with Crippen LogP contribution in [0.15, 0.2) is 47.2 Å². The molecule has 0 bridgehead atoms. The Morgan fingerprint density at radius 1 is 1.03 bits per heavy atom. The van der Waals surface area contributed by atoms with Crippen molar-refractivity contribution < 1.29 is 14.1 Å². The van der Waals surface area contributed by atoms with Gasteiger partial charge in [0.05, 0.1) is 11.9 Å². The minimum Gasteiger partial charge on any atom is -0.354 e. The highest BCUT2D eigenvalue weighted by atomic mass is 32.1. The summed E-state index contributed by atoms with van der Waals surface area (Å²) in [5.41, 5.74) is 4.66. The fourth-order valence-electron chi connectivity index (χ4n) is 3.62. The van der Waals surface area contributed by atoms with Crippen molar-refractivity contribution in [3.8, 4) is 22.0 Å². The van der Waals surface area contributed by atoms with Crippen molar-refractivity contribution in [3.05, 3.63) is 70.4 Å². The second kappa shape index (κ2) is 8.76. The summed E-state index contributed by atoms with van der Waals surface area (Å²) in [5, 5.41) is 10.2. The molecule has 0 unspecified atom stereocenters. The fourth-order valence-corrected chi connectivity index (χ4v) is 4.62. The number of anilines is 1. The molecule has 5 aromatic rings. The van der Waals surface area contributed by atoms with Crippen LogP contribution in [0.2, 0.25) is 0 Å². The second-order valence-electron chi connectivity index (χ2n) is 7.92. The van der Waals surface area contributed by atoms with E-state index in [9.17, 15) is 9.59 Å². The average molecular weight is 488 g/mol. The number of carbonyl (C=O) groups is 2. The van der Waals surface area contributed by atoms with Gasteiger partial charge >= 0.3 is 0 Å². The van der Waals surface area contributed by atoms with Gasteiger partial charge in [0.2, 0.25) is 11.7 Å². The number of benzene rings is 1. The number of amides is 2. The monoisotopic (exact) mass is 487 g/mol. The van der Waals surface area contributed by atoms with Gasteiger partial charge < -0.3 is 15.2 Å². The number of hydrogen-bond acceptors (Lipinski definition) is 8. The normalized spacial score (nSPS) is 11.1. The number of imidazole rings is 1. The molecule has 0 saturated carbocycles. The van der Waals surface area contributed by atoms with Crippen molar-refractivity contribution >= 4 is 34.5 Å². The van der Waals surface area contributed by atoms with Crippen LogP contribution < -0.4 is 10.6 Å². The number of nitrogens with one attached hydrogen (secondary N) is 2. The number of hydrogen-bond donors (Lipinski definition) is 2. The Morgan fingerprint density at radius 2 is 1.83 bits per heavy atom. The lowest BCUT2D eigenvalue weighted by Gasteiger charge is -2.10. The fraction of sp³-hybridized carbons (Fsp3) is 0.167. The standard InChI is InChI=1S/C24H21N7O3S/c1-12-5-6-15(21-28-14(3)34-30-21)9-17(12)29-22(32)18-10-26-19-8-7-16(11-31(18)19)24-27-13(2)20(35-24)23(33)25-4/h5-11H,1-4H3,(H,25,33)(H,29,32). The molecule has 2 N–H and O–H groups in total. The zero-order valence-corrected chi connectivity index (χ0v) is 20.2. The topological polar surface area (TPSA) is 127 Å². The Morgan fingerprint density at radius 3 is 2.57 bits per heavy atom. The first kappa shape index (κ1) is 22.4. The van der Waals surface area contributed by atoms with Gasteiger partial charge in [0, 0.05) is 37.0 Å². The van der Waals surface area contributed by atoms with E-state index in [0.29, 0.717) is 44.3 Å². The number of aromatic nitrogens is 5. The maximum Gasteiger partial charge on any atom is 0.274 e. The third-order valence-electron chi connectivity index (χ3n) is 5.49. The molecule has 1 aromatic carbocycles.